The maximum absolute atomic E-state index is 14.2. The number of rotatable bonds is 6. The molecule has 1 aromatic heterocycles. The van der Waals surface area contributed by atoms with E-state index in [4.69, 9.17) is 4.74 Å². The Bertz CT molecular complexity index is 1380. The topological polar surface area (TPSA) is 79.8 Å². The lowest BCUT2D eigenvalue weighted by Gasteiger charge is -2.33. The van der Waals surface area contributed by atoms with E-state index in [-0.39, 0.29) is 37.9 Å². The molecule has 1 atom stereocenters. The molecule has 3 aromatic rings. The van der Waals surface area contributed by atoms with Crippen molar-refractivity contribution in [3.8, 4) is 0 Å². The molecule has 2 saturated heterocycles. The molecule has 0 radical (unpaired) electrons. The van der Waals surface area contributed by atoms with Crippen LogP contribution in [-0.4, -0.2) is 56.0 Å². The van der Waals surface area contributed by atoms with Crippen molar-refractivity contribution in [1.29, 1.82) is 0 Å². The van der Waals surface area contributed by atoms with Gasteiger partial charge in [-0.2, -0.15) is 4.31 Å². The molecule has 36 heavy (non-hydrogen) atoms. The highest BCUT2D eigenvalue weighted by Gasteiger charge is 2.37. The predicted octanol–water partition coefficient (Wildman–Crippen LogP) is 4.33. The average Bonchev–Trinajstić information content (AvgIpc) is 3.53. The normalized spacial score (nSPS) is 19.7. The lowest BCUT2D eigenvalue weighted by Crippen LogP contribution is -2.46. The number of carbonyl (C=O) groups excluding carboxylic acids is 1. The van der Waals surface area contributed by atoms with Crippen molar-refractivity contribution in [1.82, 2.24) is 9.29 Å². The summed E-state index contributed by atoms with van der Waals surface area (Å²) in [5.41, 5.74) is 0.583. The van der Waals surface area contributed by atoms with Gasteiger partial charge in [-0.25, -0.2) is 26.6 Å². The lowest BCUT2D eigenvalue weighted by atomic mass is 9.96. The number of hydrogen-bond donors (Lipinski definition) is 0. The van der Waals surface area contributed by atoms with E-state index in [0.717, 1.165) is 29.3 Å². The summed E-state index contributed by atoms with van der Waals surface area (Å²) in [6, 6.07) is 6.56. The number of aromatic nitrogens is 1. The van der Waals surface area contributed by atoms with Gasteiger partial charge in [0.2, 0.25) is 15.9 Å². The second-order valence-corrected chi connectivity index (χ2v) is 11.9. The zero-order valence-corrected chi connectivity index (χ0v) is 20.8. The average molecular weight is 540 g/mol. The van der Waals surface area contributed by atoms with Gasteiger partial charge >= 0.3 is 0 Å². The maximum atomic E-state index is 14.2. The zero-order valence-electron chi connectivity index (χ0n) is 19.2. The van der Waals surface area contributed by atoms with Gasteiger partial charge in [0.1, 0.15) is 22.3 Å². The number of amides is 1. The van der Waals surface area contributed by atoms with Gasteiger partial charge in [0, 0.05) is 25.6 Å². The van der Waals surface area contributed by atoms with Crippen molar-refractivity contribution in [3.63, 3.8) is 0 Å². The maximum Gasteiger partial charge on any atom is 0.246 e. The summed E-state index contributed by atoms with van der Waals surface area (Å²) < 4.78 is 74.7. The summed E-state index contributed by atoms with van der Waals surface area (Å²) in [7, 11) is -4.25. The first kappa shape index (κ1) is 25.1. The van der Waals surface area contributed by atoms with Gasteiger partial charge in [0.05, 0.1) is 22.9 Å². The van der Waals surface area contributed by atoms with E-state index in [1.807, 2.05) is 0 Å². The number of fused-ring (bicyclic) bond motifs is 1. The van der Waals surface area contributed by atoms with Gasteiger partial charge in [-0.05, 0) is 62.1 Å². The van der Waals surface area contributed by atoms with Gasteiger partial charge in [-0.3, -0.25) is 9.69 Å². The van der Waals surface area contributed by atoms with Crippen LogP contribution in [-0.2, 0) is 19.6 Å². The van der Waals surface area contributed by atoms with Crippen molar-refractivity contribution in [2.45, 2.75) is 36.7 Å². The van der Waals surface area contributed by atoms with E-state index in [1.54, 1.807) is 11.0 Å². The molecule has 192 valence electrons. The molecule has 5 rings (SSSR count). The highest BCUT2D eigenvalue weighted by atomic mass is 32.2. The Hall–Kier alpha value is -2.54. The summed E-state index contributed by atoms with van der Waals surface area (Å²) in [4.78, 5) is 19.0. The number of anilines is 1. The number of ether oxygens (including phenoxy) is 1. The van der Waals surface area contributed by atoms with Crippen LogP contribution >= 0.6 is 11.3 Å². The first-order valence-electron chi connectivity index (χ1n) is 11.7. The molecule has 0 saturated carbocycles. The van der Waals surface area contributed by atoms with Crippen molar-refractivity contribution >= 4 is 42.6 Å². The molecule has 1 unspecified atom stereocenters. The van der Waals surface area contributed by atoms with E-state index in [9.17, 15) is 26.4 Å². The number of nitrogens with zero attached hydrogens (tertiary/aromatic N) is 3. The Morgan fingerprint density at radius 1 is 1.08 bits per heavy atom. The van der Waals surface area contributed by atoms with Gasteiger partial charge in [0.25, 0.3) is 0 Å². The van der Waals surface area contributed by atoms with Crippen LogP contribution in [0.3, 0.4) is 0 Å². The Labute approximate surface area is 210 Å². The molecule has 2 aliphatic rings. The Kier molecular flexibility index (Phi) is 7.03. The molecule has 2 aliphatic heterocycles. The smallest absolute Gasteiger partial charge is 0.246 e. The van der Waals surface area contributed by atoms with Crippen LogP contribution in [0.1, 0.15) is 25.7 Å². The Morgan fingerprint density at radius 2 is 1.81 bits per heavy atom. The fraction of sp³-hybridized carbons (Fsp3) is 0.417. The first-order chi connectivity index (χ1) is 17.2. The minimum absolute atomic E-state index is 0.00643. The molecule has 1 amide bonds. The van der Waals surface area contributed by atoms with E-state index < -0.39 is 38.3 Å². The Balaban J connectivity index is 1.35. The highest BCUT2D eigenvalue weighted by molar-refractivity contribution is 7.89. The molecule has 0 N–H and O–H groups in total. The molecule has 3 heterocycles. The summed E-state index contributed by atoms with van der Waals surface area (Å²) >= 11 is 1.22. The van der Waals surface area contributed by atoms with Crippen LogP contribution in [0.2, 0.25) is 0 Å². The van der Waals surface area contributed by atoms with Crippen LogP contribution in [0, 0.1) is 23.4 Å². The van der Waals surface area contributed by atoms with Crippen molar-refractivity contribution < 1.29 is 31.1 Å². The Morgan fingerprint density at radius 3 is 2.53 bits per heavy atom. The third-order valence-electron chi connectivity index (χ3n) is 6.56. The van der Waals surface area contributed by atoms with Gasteiger partial charge in [-0.1, -0.05) is 11.3 Å². The number of carbonyl (C=O) groups is 1. The second kappa shape index (κ2) is 10.1. The standard InChI is InChI=1S/C24H24F3N3O4S2/c25-16-4-6-20-21(12-16)35-24(28-20)30(14-18-2-1-11-34-18)23(31)15-7-9-29(10-8-15)36(32,33)22-13-17(26)3-5-19(22)27/h3-6,12-13,15,18H,1-2,7-11,14H2. The number of benzene rings is 2. The molecular formula is C24H24F3N3O4S2. The molecule has 0 aliphatic carbocycles. The molecule has 2 aromatic carbocycles. The zero-order chi connectivity index (χ0) is 25.4. The third kappa shape index (κ3) is 4.99. The summed E-state index contributed by atoms with van der Waals surface area (Å²) in [6.45, 7) is 0.903. The first-order valence-corrected chi connectivity index (χ1v) is 13.9. The predicted molar refractivity (Wildman–Crippen MR) is 129 cm³/mol. The van der Waals surface area contributed by atoms with Crippen molar-refractivity contribution in [3.05, 3.63) is 53.8 Å². The monoisotopic (exact) mass is 539 g/mol. The van der Waals surface area contributed by atoms with E-state index in [2.05, 4.69) is 4.98 Å². The minimum atomic E-state index is -4.25. The molecule has 7 nitrogen and oxygen atoms in total. The van der Waals surface area contributed by atoms with Crippen molar-refractivity contribution in [2.24, 2.45) is 5.92 Å². The van der Waals surface area contributed by atoms with Crippen LogP contribution in [0.5, 0.6) is 0 Å². The summed E-state index contributed by atoms with van der Waals surface area (Å²) in [5.74, 6) is -2.96. The van der Waals surface area contributed by atoms with Crippen LogP contribution in [0.15, 0.2) is 41.3 Å². The molecule has 12 heteroatoms. The fourth-order valence-corrected chi connectivity index (χ4v) is 7.18. The number of piperidine rings is 1. The van der Waals surface area contributed by atoms with Crippen LogP contribution in [0.4, 0.5) is 18.3 Å². The van der Waals surface area contributed by atoms with Crippen LogP contribution in [0.25, 0.3) is 10.2 Å². The highest BCUT2D eigenvalue weighted by Crippen LogP contribution is 2.33. The largest absolute Gasteiger partial charge is 0.376 e. The number of sulfonamides is 1. The van der Waals surface area contributed by atoms with E-state index in [0.29, 0.717) is 34.6 Å². The van der Waals surface area contributed by atoms with Crippen LogP contribution < -0.4 is 4.90 Å². The van der Waals surface area contributed by atoms with Crippen molar-refractivity contribution in [2.75, 3.05) is 31.1 Å². The third-order valence-corrected chi connectivity index (χ3v) is 9.52. The number of halogens is 3. The lowest BCUT2D eigenvalue weighted by molar-refractivity contribution is -0.123. The summed E-state index contributed by atoms with van der Waals surface area (Å²) in [5, 5.41) is 0.438. The van der Waals surface area contributed by atoms with E-state index >= 15 is 0 Å². The molecule has 0 bridgehead atoms. The number of hydrogen-bond acceptors (Lipinski definition) is 6. The van der Waals surface area contributed by atoms with E-state index in [1.165, 1.54) is 23.5 Å². The molecular weight excluding hydrogens is 515 g/mol. The fourth-order valence-electron chi connectivity index (χ4n) is 4.63. The van der Waals surface area contributed by atoms with Gasteiger partial charge in [0.15, 0.2) is 5.13 Å². The summed E-state index contributed by atoms with van der Waals surface area (Å²) in [6.07, 6.45) is 1.99. The van der Waals surface area contributed by atoms with Gasteiger partial charge in [-0.15, -0.1) is 0 Å². The van der Waals surface area contributed by atoms with Gasteiger partial charge < -0.3 is 4.74 Å². The molecule has 0 spiro atoms. The minimum Gasteiger partial charge on any atom is -0.376 e. The number of thiazole rings is 1. The quantitative estimate of drug-likeness (QED) is 0.466. The SMILES string of the molecule is O=C(C1CCN(S(=O)(=O)c2cc(F)ccc2F)CC1)N(CC1CCCO1)c1nc2ccc(F)cc2s1. The second-order valence-electron chi connectivity index (χ2n) is 8.95. The molecule has 2 fully saturated rings.